The number of methoxy groups -OCH3 is 1. The molecule has 0 saturated carbocycles. The van der Waals surface area contributed by atoms with Gasteiger partial charge in [0, 0.05) is 0 Å². The maximum Gasteiger partial charge on any atom is 0.308 e. The number of carbonyl (C=O) groups is 1. The molecule has 0 amide bonds. The maximum atomic E-state index is 11.2. The molecule has 0 aliphatic rings. The Morgan fingerprint density at radius 1 is 1.41 bits per heavy atom. The van der Waals surface area contributed by atoms with Crippen molar-refractivity contribution in [2.75, 3.05) is 7.11 Å². The number of carbonyl (C=O) groups excluding carboxylic acids is 1. The van der Waals surface area contributed by atoms with Crippen LogP contribution in [0.25, 0.3) is 0 Å². The Morgan fingerprint density at radius 2 is 1.94 bits per heavy atom. The molecule has 98 valence electrons. The molecule has 0 aromatic heterocycles. The zero-order chi connectivity index (χ0) is 13.7. The molecule has 0 aromatic carbocycles. The van der Waals surface area contributed by atoms with Crippen molar-refractivity contribution in [2.24, 2.45) is 0 Å². The lowest BCUT2D eigenvalue weighted by atomic mass is 10.2. The van der Waals surface area contributed by atoms with Crippen LogP contribution in [0.15, 0.2) is 0 Å². The molecule has 0 bridgehead atoms. The van der Waals surface area contributed by atoms with Gasteiger partial charge in [-0.25, -0.2) is 0 Å². The summed E-state index contributed by atoms with van der Waals surface area (Å²) in [6.07, 6.45) is 0.0198. The van der Waals surface area contributed by atoms with Crippen LogP contribution in [0.5, 0.6) is 0 Å². The highest BCUT2D eigenvalue weighted by molar-refractivity contribution is 6.74. The highest BCUT2D eigenvalue weighted by atomic mass is 28.4. The fourth-order valence-corrected chi connectivity index (χ4v) is 2.47. The monoisotopic (exact) mass is 257 g/mol. The number of nitriles is 1. The Kier molecular flexibility index (Phi) is 5.86. The fourth-order valence-electron chi connectivity index (χ4n) is 1.12. The molecule has 1 atom stereocenters. The van der Waals surface area contributed by atoms with Crippen molar-refractivity contribution < 1.29 is 14.0 Å². The van der Waals surface area contributed by atoms with E-state index in [1.807, 2.05) is 0 Å². The molecule has 0 N–H and O–H groups in total. The Hall–Kier alpha value is -0.863. The average Bonchev–Trinajstić information content (AvgIpc) is 2.15. The molecule has 5 heteroatoms. The van der Waals surface area contributed by atoms with Gasteiger partial charge in [0.05, 0.1) is 32.1 Å². The Morgan fingerprint density at radius 3 is 2.29 bits per heavy atom. The molecule has 0 radical (unpaired) electrons. The second kappa shape index (κ2) is 6.17. The summed E-state index contributed by atoms with van der Waals surface area (Å²) in [6.45, 7) is 10.6. The molecule has 0 rings (SSSR count). The summed E-state index contributed by atoms with van der Waals surface area (Å²) >= 11 is 0. The number of rotatable bonds is 5. The van der Waals surface area contributed by atoms with Crippen molar-refractivity contribution in [1.29, 1.82) is 5.26 Å². The largest absolute Gasteiger partial charge is 0.469 e. The highest BCUT2D eigenvalue weighted by Gasteiger charge is 2.39. The molecular formula is C12H23NO3Si. The van der Waals surface area contributed by atoms with E-state index >= 15 is 0 Å². The first-order valence-corrected chi connectivity index (χ1v) is 8.66. The van der Waals surface area contributed by atoms with E-state index in [0.29, 0.717) is 0 Å². The number of hydrogen-bond donors (Lipinski definition) is 0. The first kappa shape index (κ1) is 16.1. The van der Waals surface area contributed by atoms with Crippen LogP contribution in [-0.2, 0) is 14.0 Å². The zero-order valence-corrected chi connectivity index (χ0v) is 12.7. The van der Waals surface area contributed by atoms with Gasteiger partial charge in [-0.3, -0.25) is 4.79 Å². The van der Waals surface area contributed by atoms with Crippen molar-refractivity contribution in [3.8, 4) is 6.07 Å². The predicted octanol–water partition coefficient (Wildman–Crippen LogP) is 2.85. The predicted molar refractivity (Wildman–Crippen MR) is 68.9 cm³/mol. The van der Waals surface area contributed by atoms with E-state index in [1.54, 1.807) is 0 Å². The van der Waals surface area contributed by atoms with Crippen LogP contribution in [-0.4, -0.2) is 27.5 Å². The van der Waals surface area contributed by atoms with Crippen LogP contribution in [0.1, 0.15) is 33.6 Å². The van der Waals surface area contributed by atoms with Crippen molar-refractivity contribution in [1.82, 2.24) is 0 Å². The van der Waals surface area contributed by atoms with Crippen molar-refractivity contribution in [3.63, 3.8) is 0 Å². The van der Waals surface area contributed by atoms with E-state index in [2.05, 4.69) is 44.7 Å². The van der Waals surface area contributed by atoms with Gasteiger partial charge in [0.1, 0.15) is 0 Å². The summed E-state index contributed by atoms with van der Waals surface area (Å²) in [7, 11) is -0.598. The fraction of sp³-hybridized carbons (Fsp3) is 0.833. The number of ether oxygens (including phenoxy) is 1. The first-order chi connectivity index (χ1) is 7.64. The second-order valence-corrected chi connectivity index (χ2v) is 10.4. The first-order valence-electron chi connectivity index (χ1n) is 5.75. The van der Waals surface area contributed by atoms with Crippen LogP contribution in [0.3, 0.4) is 0 Å². The zero-order valence-electron chi connectivity index (χ0n) is 11.7. The van der Waals surface area contributed by atoms with Crippen LogP contribution in [0.2, 0.25) is 18.1 Å². The van der Waals surface area contributed by atoms with Gasteiger partial charge in [-0.05, 0) is 18.1 Å². The maximum absolute atomic E-state index is 11.2. The van der Waals surface area contributed by atoms with E-state index in [9.17, 15) is 4.79 Å². The van der Waals surface area contributed by atoms with Gasteiger partial charge in [0.25, 0.3) is 0 Å². The van der Waals surface area contributed by atoms with E-state index < -0.39 is 8.32 Å². The molecule has 0 spiro atoms. The Balaban J connectivity index is 4.66. The van der Waals surface area contributed by atoms with Crippen LogP contribution < -0.4 is 0 Å². The van der Waals surface area contributed by atoms with Crippen molar-refractivity contribution >= 4 is 14.3 Å². The van der Waals surface area contributed by atoms with Crippen LogP contribution in [0.4, 0.5) is 0 Å². The lowest BCUT2D eigenvalue weighted by Gasteiger charge is -2.38. The molecule has 0 saturated heterocycles. The van der Waals surface area contributed by atoms with Gasteiger partial charge in [-0.15, -0.1) is 0 Å². The number of esters is 1. The molecule has 0 heterocycles. The van der Waals surface area contributed by atoms with Gasteiger partial charge < -0.3 is 9.16 Å². The molecule has 0 aliphatic carbocycles. The van der Waals surface area contributed by atoms with Gasteiger partial charge in [-0.1, -0.05) is 20.8 Å². The third-order valence-corrected chi connectivity index (χ3v) is 7.74. The van der Waals surface area contributed by atoms with Crippen LogP contribution in [0, 0.1) is 11.3 Å². The van der Waals surface area contributed by atoms with E-state index in [1.165, 1.54) is 7.11 Å². The summed E-state index contributed by atoms with van der Waals surface area (Å²) in [4.78, 5) is 11.2. The van der Waals surface area contributed by atoms with Crippen molar-refractivity contribution in [3.05, 3.63) is 0 Å². The lowest BCUT2D eigenvalue weighted by molar-refractivity contribution is -0.142. The quantitative estimate of drug-likeness (QED) is 0.561. The van der Waals surface area contributed by atoms with Gasteiger partial charge in [0.2, 0.25) is 0 Å². The van der Waals surface area contributed by atoms with Gasteiger partial charge >= 0.3 is 5.97 Å². The standard InChI is InChI=1S/C12H23NO3Si/c1-12(2,3)17(5,6)16-10(7-8-13)9-11(14)15-4/h10H,7,9H2,1-6H3/t10-/m0/s1. The number of hydrogen-bond acceptors (Lipinski definition) is 4. The van der Waals surface area contributed by atoms with E-state index in [0.717, 1.165) is 0 Å². The van der Waals surface area contributed by atoms with Crippen molar-refractivity contribution in [2.45, 2.75) is 57.8 Å². The van der Waals surface area contributed by atoms with Gasteiger partial charge in [0.15, 0.2) is 8.32 Å². The molecule has 4 nitrogen and oxygen atoms in total. The Labute approximate surface area is 105 Å². The Bertz CT molecular complexity index is 302. The van der Waals surface area contributed by atoms with E-state index in [4.69, 9.17) is 9.69 Å². The minimum atomic E-state index is -1.94. The number of nitrogens with zero attached hydrogens (tertiary/aromatic N) is 1. The summed E-state index contributed by atoms with van der Waals surface area (Å²) in [5, 5.41) is 8.82. The highest BCUT2D eigenvalue weighted by Crippen LogP contribution is 2.37. The molecule has 0 aromatic rings. The summed E-state index contributed by atoms with van der Waals surface area (Å²) < 4.78 is 10.6. The topological polar surface area (TPSA) is 59.3 Å². The molecule has 17 heavy (non-hydrogen) atoms. The molecule has 0 unspecified atom stereocenters. The SMILES string of the molecule is COC(=O)C[C@H](CC#N)O[Si](C)(C)C(C)(C)C. The summed E-state index contributed by atoms with van der Waals surface area (Å²) in [5.41, 5.74) is 0. The lowest BCUT2D eigenvalue weighted by Crippen LogP contribution is -2.44. The third kappa shape index (κ3) is 5.33. The minimum absolute atomic E-state index is 0.0663. The molecule has 0 fully saturated rings. The second-order valence-electron chi connectivity index (χ2n) is 5.64. The normalized spacial score (nSPS) is 13.9. The van der Waals surface area contributed by atoms with E-state index in [-0.39, 0.29) is 30.0 Å². The average molecular weight is 257 g/mol. The molecular weight excluding hydrogens is 234 g/mol. The summed E-state index contributed by atoms with van der Waals surface area (Å²) in [5.74, 6) is -0.330. The minimum Gasteiger partial charge on any atom is -0.469 e. The van der Waals surface area contributed by atoms with Crippen LogP contribution >= 0.6 is 0 Å². The summed E-state index contributed by atoms with van der Waals surface area (Å²) in [6, 6.07) is 2.06. The third-order valence-electron chi connectivity index (χ3n) is 3.21. The smallest absolute Gasteiger partial charge is 0.308 e. The van der Waals surface area contributed by atoms with Gasteiger partial charge in [-0.2, -0.15) is 5.26 Å². The molecule has 0 aliphatic heterocycles.